The highest BCUT2D eigenvalue weighted by molar-refractivity contribution is 5.85. The third-order valence-electron chi connectivity index (χ3n) is 1.28. The zero-order chi connectivity index (χ0) is 10.8. The van der Waals surface area contributed by atoms with Gasteiger partial charge in [-0.2, -0.15) is 0 Å². The van der Waals surface area contributed by atoms with Crippen molar-refractivity contribution in [2.24, 2.45) is 5.73 Å². The van der Waals surface area contributed by atoms with E-state index < -0.39 is 12.3 Å². The second-order valence-electron chi connectivity index (χ2n) is 2.40. The Hall–Kier alpha value is -0.400. The Balaban J connectivity index is 0. The highest BCUT2D eigenvalue weighted by Gasteiger charge is 2.17. The van der Waals surface area contributed by atoms with Gasteiger partial charge in [0.15, 0.2) is 0 Å². The molecule has 0 radical (unpaired) electrons. The summed E-state index contributed by atoms with van der Waals surface area (Å²) in [6, 6.07) is 0. The Labute approximate surface area is 95.1 Å². The number of rotatable bonds is 9. The van der Waals surface area contributed by atoms with E-state index in [0.717, 1.165) is 0 Å². The Bertz CT molecular complexity index is 158. The average Bonchev–Trinajstić information content (AvgIpc) is 2.15. The van der Waals surface area contributed by atoms with Crippen molar-refractivity contribution in [1.29, 1.82) is 0 Å². The zero-order valence-electron chi connectivity index (χ0n) is 8.68. The Morgan fingerprint density at radius 3 is 2.47 bits per heavy atom. The lowest BCUT2D eigenvalue weighted by atomic mass is 10.6. The van der Waals surface area contributed by atoms with Gasteiger partial charge in [-0.25, -0.2) is 4.79 Å². The van der Waals surface area contributed by atoms with Gasteiger partial charge in [-0.1, -0.05) is 0 Å². The summed E-state index contributed by atoms with van der Waals surface area (Å²) in [6.07, 6.45) is -1.21. The second kappa shape index (κ2) is 11.7. The standard InChI is InChI=1S/C8H17NO5.ClH/c1-2-13-8(7(10)11)14-6-5-12-4-3-9;/h8H,2-6,9H2,1H3,(H,10,11);1H. The zero-order valence-corrected chi connectivity index (χ0v) is 9.50. The molecule has 92 valence electrons. The highest BCUT2D eigenvalue weighted by Crippen LogP contribution is 1.95. The van der Waals surface area contributed by atoms with E-state index in [2.05, 4.69) is 0 Å². The van der Waals surface area contributed by atoms with Crippen molar-refractivity contribution in [3.63, 3.8) is 0 Å². The molecule has 0 rings (SSSR count). The molecule has 0 heterocycles. The van der Waals surface area contributed by atoms with Crippen LogP contribution < -0.4 is 5.73 Å². The fourth-order valence-corrected chi connectivity index (χ4v) is 0.742. The first-order valence-electron chi connectivity index (χ1n) is 4.46. The Kier molecular flexibility index (Phi) is 13.2. The summed E-state index contributed by atoms with van der Waals surface area (Å²) >= 11 is 0. The average molecular weight is 244 g/mol. The molecule has 0 aromatic carbocycles. The quantitative estimate of drug-likeness (QED) is 0.432. The van der Waals surface area contributed by atoms with Crippen molar-refractivity contribution in [3.05, 3.63) is 0 Å². The van der Waals surface area contributed by atoms with Crippen LogP contribution in [0.1, 0.15) is 6.92 Å². The fraction of sp³-hybridized carbons (Fsp3) is 0.875. The summed E-state index contributed by atoms with van der Waals surface area (Å²) in [5.74, 6) is -1.13. The summed E-state index contributed by atoms with van der Waals surface area (Å²) in [6.45, 7) is 3.36. The van der Waals surface area contributed by atoms with Gasteiger partial charge >= 0.3 is 5.97 Å². The Morgan fingerprint density at radius 1 is 1.33 bits per heavy atom. The van der Waals surface area contributed by atoms with Crippen LogP contribution in [0.2, 0.25) is 0 Å². The molecule has 0 aliphatic rings. The second-order valence-corrected chi connectivity index (χ2v) is 2.40. The van der Waals surface area contributed by atoms with E-state index >= 15 is 0 Å². The first-order valence-corrected chi connectivity index (χ1v) is 4.46. The summed E-state index contributed by atoms with van der Waals surface area (Å²) in [5.41, 5.74) is 5.18. The van der Waals surface area contributed by atoms with Crippen LogP contribution in [-0.4, -0.2) is 50.3 Å². The number of hydrogen-bond acceptors (Lipinski definition) is 5. The molecule has 0 aliphatic carbocycles. The van der Waals surface area contributed by atoms with Crippen LogP contribution in [-0.2, 0) is 19.0 Å². The summed E-state index contributed by atoms with van der Waals surface area (Å²) < 4.78 is 14.7. The van der Waals surface area contributed by atoms with Gasteiger partial charge in [-0.05, 0) is 6.92 Å². The van der Waals surface area contributed by atoms with Crippen LogP contribution in [0.5, 0.6) is 0 Å². The van der Waals surface area contributed by atoms with Gasteiger partial charge in [0.1, 0.15) is 0 Å². The number of carbonyl (C=O) groups is 1. The van der Waals surface area contributed by atoms with E-state index in [4.69, 9.17) is 25.1 Å². The van der Waals surface area contributed by atoms with E-state index in [1.54, 1.807) is 6.92 Å². The smallest absolute Gasteiger partial charge is 0.361 e. The highest BCUT2D eigenvalue weighted by atomic mass is 35.5. The lowest BCUT2D eigenvalue weighted by Gasteiger charge is -2.12. The van der Waals surface area contributed by atoms with Gasteiger partial charge in [0.05, 0.1) is 19.8 Å². The minimum absolute atomic E-state index is 0. The van der Waals surface area contributed by atoms with Crippen LogP contribution >= 0.6 is 12.4 Å². The number of halogens is 1. The number of carboxylic acid groups (broad SMARTS) is 1. The molecule has 7 heteroatoms. The molecule has 15 heavy (non-hydrogen) atoms. The lowest BCUT2D eigenvalue weighted by Crippen LogP contribution is -2.28. The molecule has 1 unspecified atom stereocenters. The van der Waals surface area contributed by atoms with Gasteiger partial charge in [-0.15, -0.1) is 12.4 Å². The molecule has 0 saturated carbocycles. The van der Waals surface area contributed by atoms with Crippen molar-refractivity contribution in [2.45, 2.75) is 13.2 Å². The molecule has 0 aromatic rings. The molecule has 0 bridgehead atoms. The minimum Gasteiger partial charge on any atom is -0.477 e. The third kappa shape index (κ3) is 9.89. The van der Waals surface area contributed by atoms with Crippen molar-refractivity contribution in [1.82, 2.24) is 0 Å². The van der Waals surface area contributed by atoms with Crippen LogP contribution in [0.25, 0.3) is 0 Å². The van der Waals surface area contributed by atoms with Crippen LogP contribution in [0.3, 0.4) is 0 Å². The molecule has 0 amide bonds. The first-order chi connectivity index (χ1) is 6.72. The maximum atomic E-state index is 10.5. The predicted molar refractivity (Wildman–Crippen MR) is 56.1 cm³/mol. The van der Waals surface area contributed by atoms with Gasteiger partial charge < -0.3 is 25.1 Å². The topological polar surface area (TPSA) is 91.0 Å². The lowest BCUT2D eigenvalue weighted by molar-refractivity contribution is -0.190. The molecule has 3 N–H and O–H groups in total. The maximum Gasteiger partial charge on any atom is 0.361 e. The number of hydrogen-bond donors (Lipinski definition) is 2. The largest absolute Gasteiger partial charge is 0.477 e. The number of carboxylic acids is 1. The molecular formula is C8H18ClNO5. The van der Waals surface area contributed by atoms with Crippen molar-refractivity contribution in [2.75, 3.05) is 33.0 Å². The fourth-order valence-electron chi connectivity index (χ4n) is 0.742. The SMILES string of the molecule is CCOC(OCCOCCN)C(=O)O.Cl. The van der Waals surface area contributed by atoms with E-state index in [-0.39, 0.29) is 19.0 Å². The number of ether oxygens (including phenoxy) is 3. The normalized spacial score (nSPS) is 11.9. The molecule has 6 nitrogen and oxygen atoms in total. The van der Waals surface area contributed by atoms with Gasteiger partial charge in [-0.3, -0.25) is 0 Å². The monoisotopic (exact) mass is 243 g/mol. The van der Waals surface area contributed by atoms with Crippen LogP contribution in [0, 0.1) is 0 Å². The summed E-state index contributed by atoms with van der Waals surface area (Å²) in [5, 5.41) is 8.60. The van der Waals surface area contributed by atoms with Gasteiger partial charge in [0, 0.05) is 13.2 Å². The Morgan fingerprint density at radius 2 is 2.00 bits per heavy atom. The number of aliphatic carboxylic acids is 1. The van der Waals surface area contributed by atoms with E-state index in [1.807, 2.05) is 0 Å². The maximum absolute atomic E-state index is 10.5. The van der Waals surface area contributed by atoms with Gasteiger partial charge in [0.2, 0.25) is 0 Å². The van der Waals surface area contributed by atoms with Crippen molar-refractivity contribution in [3.8, 4) is 0 Å². The predicted octanol–water partition coefficient (Wildman–Crippen LogP) is -0.153. The molecule has 0 fully saturated rings. The first kappa shape index (κ1) is 17.0. The van der Waals surface area contributed by atoms with Gasteiger partial charge in [0.25, 0.3) is 6.29 Å². The minimum atomic E-state index is -1.21. The summed E-state index contributed by atoms with van der Waals surface area (Å²) in [4.78, 5) is 10.5. The molecule has 0 aliphatic heterocycles. The van der Waals surface area contributed by atoms with Crippen LogP contribution in [0.4, 0.5) is 0 Å². The number of nitrogens with two attached hydrogens (primary N) is 1. The van der Waals surface area contributed by atoms with E-state index in [1.165, 1.54) is 0 Å². The van der Waals surface area contributed by atoms with Crippen LogP contribution in [0.15, 0.2) is 0 Å². The van der Waals surface area contributed by atoms with E-state index in [0.29, 0.717) is 26.4 Å². The molecule has 0 spiro atoms. The molecular weight excluding hydrogens is 226 g/mol. The van der Waals surface area contributed by atoms with E-state index in [9.17, 15) is 4.79 Å². The molecule has 0 aromatic heterocycles. The summed E-state index contributed by atoms with van der Waals surface area (Å²) in [7, 11) is 0. The van der Waals surface area contributed by atoms with Crippen molar-refractivity contribution >= 4 is 18.4 Å². The molecule has 0 saturated heterocycles. The van der Waals surface area contributed by atoms with Crippen molar-refractivity contribution < 1.29 is 24.1 Å². The molecule has 1 atom stereocenters. The third-order valence-corrected chi connectivity index (χ3v) is 1.28.